The van der Waals surface area contributed by atoms with Crippen LogP contribution in [-0.2, 0) is 9.59 Å². The maximum atomic E-state index is 11.5. The Hall–Kier alpha value is -2.77. The van der Waals surface area contributed by atoms with Crippen LogP contribution < -0.4 is 10.6 Å². The zero-order chi connectivity index (χ0) is 13.7. The molecule has 2 amide bonds. The van der Waals surface area contributed by atoms with E-state index < -0.39 is 0 Å². The fourth-order valence-electron chi connectivity index (χ4n) is 1.34. The summed E-state index contributed by atoms with van der Waals surface area (Å²) in [6.07, 6.45) is 4.67. The van der Waals surface area contributed by atoms with Crippen LogP contribution in [0, 0.1) is 0 Å². The second-order valence-corrected chi connectivity index (χ2v) is 3.67. The van der Waals surface area contributed by atoms with Crippen molar-refractivity contribution in [3.05, 3.63) is 30.9 Å². The van der Waals surface area contributed by atoms with Crippen molar-refractivity contribution in [1.29, 1.82) is 0 Å². The molecule has 8 heteroatoms. The van der Waals surface area contributed by atoms with Gasteiger partial charge in [-0.2, -0.15) is 5.10 Å². The molecule has 0 fully saturated rings. The van der Waals surface area contributed by atoms with Gasteiger partial charge in [0, 0.05) is 25.4 Å². The molecule has 8 nitrogen and oxygen atoms in total. The van der Waals surface area contributed by atoms with Gasteiger partial charge in [-0.25, -0.2) is 14.6 Å². The number of carbonyl (C=O) groups excluding carboxylic acids is 2. The van der Waals surface area contributed by atoms with Crippen molar-refractivity contribution in [1.82, 2.24) is 25.1 Å². The van der Waals surface area contributed by atoms with E-state index in [9.17, 15) is 9.59 Å². The number of nitrogens with zero attached hydrogens (tertiary/aromatic N) is 4. The van der Waals surface area contributed by atoms with E-state index in [4.69, 9.17) is 0 Å². The Labute approximate surface area is 108 Å². The van der Waals surface area contributed by atoms with Gasteiger partial charge >= 0.3 is 0 Å². The standard InChI is InChI=1S/C11H12N6O2/c1-8(18)12-6-11(19)16-9-5-10(14-7-13-9)17-4-2-3-15-17/h2-5,7H,6H2,1H3,(H,12,18)(H,13,14,16,19). The van der Waals surface area contributed by atoms with Crippen LogP contribution in [0.3, 0.4) is 0 Å². The summed E-state index contributed by atoms with van der Waals surface area (Å²) in [6.45, 7) is 1.24. The molecule has 2 N–H and O–H groups in total. The van der Waals surface area contributed by atoms with E-state index in [1.807, 2.05) is 0 Å². The van der Waals surface area contributed by atoms with Crippen molar-refractivity contribution in [2.24, 2.45) is 0 Å². The number of anilines is 1. The molecule has 2 heterocycles. The van der Waals surface area contributed by atoms with E-state index in [2.05, 4.69) is 25.7 Å². The summed E-state index contributed by atoms with van der Waals surface area (Å²) in [7, 11) is 0. The SMILES string of the molecule is CC(=O)NCC(=O)Nc1cc(-n2cccn2)ncn1. The Morgan fingerprint density at radius 1 is 1.37 bits per heavy atom. The van der Waals surface area contributed by atoms with Crippen LogP contribution in [0.5, 0.6) is 0 Å². The smallest absolute Gasteiger partial charge is 0.244 e. The fraction of sp³-hybridized carbons (Fsp3) is 0.182. The number of aromatic nitrogens is 4. The van der Waals surface area contributed by atoms with Gasteiger partial charge in [0.05, 0.1) is 6.54 Å². The summed E-state index contributed by atoms with van der Waals surface area (Å²) < 4.78 is 1.55. The molecule has 0 spiro atoms. The van der Waals surface area contributed by atoms with E-state index >= 15 is 0 Å². The minimum absolute atomic E-state index is 0.101. The topological polar surface area (TPSA) is 102 Å². The molecule has 0 bridgehead atoms. The van der Waals surface area contributed by atoms with Gasteiger partial charge < -0.3 is 10.6 Å². The molecular formula is C11H12N6O2. The quantitative estimate of drug-likeness (QED) is 0.788. The summed E-state index contributed by atoms with van der Waals surface area (Å²) in [5.74, 6) is 0.251. The van der Waals surface area contributed by atoms with Gasteiger partial charge in [-0.05, 0) is 6.07 Å². The first kappa shape index (κ1) is 12.7. The summed E-state index contributed by atoms with van der Waals surface area (Å²) in [5.41, 5.74) is 0. The molecule has 0 radical (unpaired) electrons. The molecule has 0 aromatic carbocycles. The lowest BCUT2D eigenvalue weighted by Gasteiger charge is -2.06. The van der Waals surface area contributed by atoms with Gasteiger partial charge in [-0.1, -0.05) is 0 Å². The number of hydrogen-bond donors (Lipinski definition) is 2. The van der Waals surface area contributed by atoms with Crippen LogP contribution in [0.15, 0.2) is 30.9 Å². The van der Waals surface area contributed by atoms with E-state index in [0.717, 1.165) is 0 Å². The Morgan fingerprint density at radius 2 is 2.21 bits per heavy atom. The van der Waals surface area contributed by atoms with Crippen molar-refractivity contribution < 1.29 is 9.59 Å². The molecule has 0 atom stereocenters. The van der Waals surface area contributed by atoms with Crippen LogP contribution in [-0.4, -0.2) is 38.1 Å². The lowest BCUT2D eigenvalue weighted by molar-refractivity contribution is -0.122. The van der Waals surface area contributed by atoms with E-state index in [1.54, 1.807) is 29.2 Å². The first-order valence-electron chi connectivity index (χ1n) is 5.51. The van der Waals surface area contributed by atoms with Crippen molar-refractivity contribution in [2.45, 2.75) is 6.92 Å². The predicted molar refractivity (Wildman–Crippen MR) is 66.5 cm³/mol. The highest BCUT2D eigenvalue weighted by molar-refractivity contribution is 5.93. The number of nitrogens with one attached hydrogen (secondary N) is 2. The predicted octanol–water partition coefficient (Wildman–Crippen LogP) is -0.263. The highest BCUT2D eigenvalue weighted by atomic mass is 16.2. The molecule has 0 aliphatic rings. The Kier molecular flexibility index (Phi) is 3.81. The second-order valence-electron chi connectivity index (χ2n) is 3.67. The van der Waals surface area contributed by atoms with Crippen LogP contribution in [0.2, 0.25) is 0 Å². The van der Waals surface area contributed by atoms with Gasteiger partial charge in [-0.3, -0.25) is 9.59 Å². The number of rotatable bonds is 4. The molecule has 19 heavy (non-hydrogen) atoms. The zero-order valence-electron chi connectivity index (χ0n) is 10.2. The fourth-order valence-corrected chi connectivity index (χ4v) is 1.34. The number of carbonyl (C=O) groups is 2. The van der Waals surface area contributed by atoms with Gasteiger partial charge in [0.2, 0.25) is 11.8 Å². The van der Waals surface area contributed by atoms with Crippen LogP contribution in [0.1, 0.15) is 6.92 Å². The van der Waals surface area contributed by atoms with E-state index in [0.29, 0.717) is 11.6 Å². The van der Waals surface area contributed by atoms with Crippen molar-refractivity contribution in [3.63, 3.8) is 0 Å². The Bertz CT molecular complexity index is 581. The molecule has 2 rings (SSSR count). The third kappa shape index (κ3) is 3.60. The van der Waals surface area contributed by atoms with E-state index in [-0.39, 0.29) is 18.4 Å². The molecule has 98 valence electrons. The van der Waals surface area contributed by atoms with Crippen LogP contribution in [0.25, 0.3) is 5.82 Å². The average molecular weight is 260 g/mol. The summed E-state index contributed by atoms with van der Waals surface area (Å²) in [4.78, 5) is 30.1. The maximum Gasteiger partial charge on any atom is 0.244 e. The third-order valence-corrected chi connectivity index (χ3v) is 2.16. The summed E-state index contributed by atoms with van der Waals surface area (Å²) in [5, 5.41) is 8.97. The highest BCUT2D eigenvalue weighted by Crippen LogP contribution is 2.07. The van der Waals surface area contributed by atoms with Crippen molar-refractivity contribution in [3.8, 4) is 5.82 Å². The van der Waals surface area contributed by atoms with Crippen LogP contribution >= 0.6 is 0 Å². The van der Waals surface area contributed by atoms with E-state index in [1.165, 1.54) is 13.3 Å². The largest absolute Gasteiger partial charge is 0.347 e. The minimum atomic E-state index is -0.361. The normalized spacial score (nSPS) is 9.95. The first-order valence-corrected chi connectivity index (χ1v) is 5.51. The zero-order valence-corrected chi connectivity index (χ0v) is 10.2. The number of amides is 2. The maximum absolute atomic E-state index is 11.5. The lowest BCUT2D eigenvalue weighted by atomic mass is 10.5. The monoisotopic (exact) mass is 260 g/mol. The Balaban J connectivity index is 2.03. The molecule has 0 aliphatic carbocycles. The lowest BCUT2D eigenvalue weighted by Crippen LogP contribution is -2.31. The van der Waals surface area contributed by atoms with Gasteiger partial charge in [0.1, 0.15) is 12.1 Å². The van der Waals surface area contributed by atoms with Gasteiger partial charge in [-0.15, -0.1) is 0 Å². The van der Waals surface area contributed by atoms with Crippen LogP contribution in [0.4, 0.5) is 5.82 Å². The minimum Gasteiger partial charge on any atom is -0.347 e. The molecule has 0 saturated heterocycles. The first-order chi connectivity index (χ1) is 9.15. The second kappa shape index (κ2) is 5.71. The number of hydrogen-bond acceptors (Lipinski definition) is 5. The van der Waals surface area contributed by atoms with Gasteiger partial charge in [0.25, 0.3) is 0 Å². The average Bonchev–Trinajstić information content (AvgIpc) is 2.90. The highest BCUT2D eigenvalue weighted by Gasteiger charge is 2.06. The van der Waals surface area contributed by atoms with Gasteiger partial charge in [0.15, 0.2) is 5.82 Å². The summed E-state index contributed by atoms with van der Waals surface area (Å²) in [6, 6.07) is 3.34. The molecular weight excluding hydrogens is 248 g/mol. The van der Waals surface area contributed by atoms with Crippen molar-refractivity contribution >= 4 is 17.6 Å². The molecule has 0 unspecified atom stereocenters. The third-order valence-electron chi connectivity index (χ3n) is 2.16. The van der Waals surface area contributed by atoms with Crippen molar-refractivity contribution in [2.75, 3.05) is 11.9 Å². The molecule has 2 aromatic rings. The Morgan fingerprint density at radius 3 is 2.89 bits per heavy atom. The molecule has 2 aromatic heterocycles. The summed E-state index contributed by atoms with van der Waals surface area (Å²) >= 11 is 0. The molecule has 0 saturated carbocycles. The molecule has 0 aliphatic heterocycles.